The van der Waals surface area contributed by atoms with Gasteiger partial charge in [-0.1, -0.05) is 167 Å². The number of halogens is 3. The summed E-state index contributed by atoms with van der Waals surface area (Å²) in [6.45, 7) is 33.0. The summed E-state index contributed by atoms with van der Waals surface area (Å²) in [5.74, 6) is 2.76. The normalized spacial score (nSPS) is 13.2. The van der Waals surface area contributed by atoms with Crippen molar-refractivity contribution in [2.24, 2.45) is 0 Å². The van der Waals surface area contributed by atoms with Gasteiger partial charge < -0.3 is 0 Å². The van der Waals surface area contributed by atoms with Crippen LogP contribution < -0.4 is 15.6 Å². The average Bonchev–Trinajstić information content (AvgIpc) is 3.30. The molecule has 264 valence electrons. The van der Waals surface area contributed by atoms with Gasteiger partial charge in [-0.2, -0.15) is 10.8 Å². The summed E-state index contributed by atoms with van der Waals surface area (Å²) in [5, 5.41) is 6.20. The van der Waals surface area contributed by atoms with Crippen LogP contribution in [0.15, 0.2) is 70.9 Å². The van der Waals surface area contributed by atoms with Crippen molar-refractivity contribution in [3.05, 3.63) is 110 Å². The molecule has 48 heavy (non-hydrogen) atoms. The molecule has 0 N–H and O–H groups in total. The van der Waals surface area contributed by atoms with Crippen molar-refractivity contribution >= 4 is 60.9 Å². The minimum Gasteiger partial charge on any atom is -0.269 e. The van der Waals surface area contributed by atoms with Crippen LogP contribution in [0.3, 0.4) is 0 Å². The van der Waals surface area contributed by atoms with Gasteiger partial charge >= 0.3 is 0 Å². The minimum atomic E-state index is -2.80. The van der Waals surface area contributed by atoms with Crippen molar-refractivity contribution in [2.75, 3.05) is 0 Å². The fourth-order valence-corrected chi connectivity index (χ4v) is 12.5. The molecule has 0 saturated carbocycles. The van der Waals surface area contributed by atoms with Crippen LogP contribution in [0.4, 0.5) is 0 Å². The molecule has 0 radical (unpaired) electrons. The van der Waals surface area contributed by atoms with E-state index in [0.29, 0.717) is 35.5 Å². The van der Waals surface area contributed by atoms with E-state index >= 15 is 0 Å². The Morgan fingerprint density at radius 2 is 0.667 bits per heavy atom. The third-order valence-corrected chi connectivity index (χ3v) is 15.0. The largest absolute Gasteiger partial charge is 0.269 e. The van der Waals surface area contributed by atoms with Crippen LogP contribution in [-0.2, 0) is 21.7 Å². The first-order chi connectivity index (χ1) is 20.6. The summed E-state index contributed by atoms with van der Waals surface area (Å²) in [6.07, 6.45) is 4.76. The molecule has 0 aliphatic heterocycles. The molecule has 0 aromatic heterocycles. The number of benzene rings is 3. The van der Waals surface area contributed by atoms with E-state index in [-0.39, 0.29) is 58.9 Å². The molecular formula is C43H62Cl3SiTi-. The summed E-state index contributed by atoms with van der Waals surface area (Å²) in [7, 11) is -2.80. The Morgan fingerprint density at radius 1 is 0.438 bits per heavy atom. The van der Waals surface area contributed by atoms with Gasteiger partial charge in [0.25, 0.3) is 0 Å². The quantitative estimate of drug-likeness (QED) is 0.110. The van der Waals surface area contributed by atoms with Crippen molar-refractivity contribution in [3.8, 4) is 0 Å². The van der Waals surface area contributed by atoms with Gasteiger partial charge in [-0.05, 0) is 68.9 Å². The van der Waals surface area contributed by atoms with Crippen LogP contribution in [0, 0.1) is 6.08 Å². The van der Waals surface area contributed by atoms with E-state index in [1.807, 2.05) is 0 Å². The molecule has 5 heteroatoms. The van der Waals surface area contributed by atoms with Gasteiger partial charge in [-0.3, -0.25) is 6.08 Å². The average molecular weight is 761 g/mol. The molecule has 0 fully saturated rings. The molecular weight excluding hydrogens is 699 g/mol. The predicted octanol–water partition coefficient (Wildman–Crippen LogP) is 12.2. The van der Waals surface area contributed by atoms with E-state index in [9.17, 15) is 0 Å². The van der Waals surface area contributed by atoms with Crippen LogP contribution in [0.25, 0.3) is 0 Å². The first-order valence-electron chi connectivity index (χ1n) is 17.3. The molecule has 0 heterocycles. The third-order valence-electron chi connectivity index (χ3n) is 10.0. The van der Waals surface area contributed by atoms with E-state index in [2.05, 4.69) is 158 Å². The third kappa shape index (κ3) is 9.43. The number of allylic oxidation sites excluding steroid dienone is 4. The fourth-order valence-electron chi connectivity index (χ4n) is 6.98. The molecule has 0 atom stereocenters. The standard InChI is InChI=1S/C43H59Si.3ClH.Ti/c1-26(2)34-17-35(27(3)4)21-40(20-34)44(43-32(13)15-16-33(43)14,41-22-36(28(5)6)18-37(23-41)29(7)8)42-24-38(30(9)10)19-39(25-42)31(11)12;;;;/h17-31H,15H2,1-14H3;3*1H;/q-1;;;;. The summed E-state index contributed by atoms with van der Waals surface area (Å²) in [6, 6.07) is 23.1. The summed E-state index contributed by atoms with van der Waals surface area (Å²) < 4.78 is 0. The Hall–Kier alpha value is -1.06. The van der Waals surface area contributed by atoms with Gasteiger partial charge in [-0.25, -0.2) is 5.57 Å². The van der Waals surface area contributed by atoms with Gasteiger partial charge in [-0.15, -0.1) is 43.6 Å². The molecule has 4 rings (SSSR count). The smallest absolute Gasteiger partial charge is 0.0996 e. The van der Waals surface area contributed by atoms with E-state index in [1.165, 1.54) is 60.1 Å². The molecule has 0 amide bonds. The van der Waals surface area contributed by atoms with Crippen LogP contribution in [-0.4, -0.2) is 8.07 Å². The van der Waals surface area contributed by atoms with Crippen LogP contribution in [0.2, 0.25) is 0 Å². The van der Waals surface area contributed by atoms with Gasteiger partial charge in [0.15, 0.2) is 0 Å². The molecule has 0 saturated heterocycles. The van der Waals surface area contributed by atoms with Crippen LogP contribution >= 0.6 is 37.2 Å². The molecule has 0 spiro atoms. The fraction of sp³-hybridized carbons (Fsp3) is 0.488. The topological polar surface area (TPSA) is 0 Å². The summed E-state index contributed by atoms with van der Waals surface area (Å²) >= 11 is 0. The zero-order chi connectivity index (χ0) is 32.7. The Labute approximate surface area is 329 Å². The SMILES string of the molecule is CC1=[C-]CC(C)=C1[Si](c1cc(C(C)C)cc(C(C)C)c1)(c1cc(C(C)C)cc(C(C)C)c1)c1cc(C(C)C)cc(C(C)C)c1.Cl.Cl.Cl.[Ti]. The molecule has 0 unspecified atom stereocenters. The van der Waals surface area contributed by atoms with Crippen molar-refractivity contribution in [1.82, 2.24) is 0 Å². The van der Waals surface area contributed by atoms with Gasteiger partial charge in [0.1, 0.15) is 0 Å². The zero-order valence-electron chi connectivity index (χ0n) is 32.1. The molecule has 3 aromatic rings. The molecule has 0 nitrogen and oxygen atoms in total. The minimum absolute atomic E-state index is 0. The Morgan fingerprint density at radius 3 is 0.833 bits per heavy atom. The number of hydrogen-bond donors (Lipinski definition) is 0. The van der Waals surface area contributed by atoms with Crippen LogP contribution in [0.5, 0.6) is 0 Å². The van der Waals surface area contributed by atoms with Gasteiger partial charge in [0, 0.05) is 21.7 Å². The van der Waals surface area contributed by atoms with E-state index in [0.717, 1.165) is 6.42 Å². The van der Waals surface area contributed by atoms with E-state index in [4.69, 9.17) is 0 Å². The summed E-state index contributed by atoms with van der Waals surface area (Å²) in [5.41, 5.74) is 11.6. The van der Waals surface area contributed by atoms with Crippen molar-refractivity contribution in [1.29, 1.82) is 0 Å². The number of hydrogen-bond acceptors (Lipinski definition) is 0. The first-order valence-corrected chi connectivity index (χ1v) is 19.3. The van der Waals surface area contributed by atoms with E-state index < -0.39 is 8.07 Å². The number of rotatable bonds is 10. The second kappa shape index (κ2) is 19.0. The Kier molecular flexibility index (Phi) is 18.5. The Balaban J connectivity index is 0.00000552. The first kappa shape index (κ1) is 46.9. The van der Waals surface area contributed by atoms with Crippen LogP contribution in [0.1, 0.15) is 172 Å². The van der Waals surface area contributed by atoms with Crippen molar-refractivity contribution in [3.63, 3.8) is 0 Å². The Bertz CT molecular complexity index is 1340. The van der Waals surface area contributed by atoms with Crippen molar-refractivity contribution < 1.29 is 21.7 Å². The maximum absolute atomic E-state index is 3.84. The molecule has 0 bridgehead atoms. The molecule has 1 aliphatic carbocycles. The predicted molar refractivity (Wildman–Crippen MR) is 220 cm³/mol. The maximum Gasteiger partial charge on any atom is 0.0996 e. The molecule has 1 aliphatic rings. The zero-order valence-corrected chi connectivity index (χ0v) is 37.1. The molecule has 3 aromatic carbocycles. The van der Waals surface area contributed by atoms with E-state index in [1.54, 1.807) is 5.20 Å². The maximum atomic E-state index is 3.84. The van der Waals surface area contributed by atoms with Gasteiger partial charge in [0.2, 0.25) is 0 Å². The van der Waals surface area contributed by atoms with Gasteiger partial charge in [0.05, 0.1) is 8.07 Å². The van der Waals surface area contributed by atoms with Crippen molar-refractivity contribution in [2.45, 2.75) is 139 Å². The monoisotopic (exact) mass is 759 g/mol. The second-order valence-corrected chi connectivity index (χ2v) is 19.2. The summed E-state index contributed by atoms with van der Waals surface area (Å²) in [4.78, 5) is 0. The second-order valence-electron chi connectivity index (χ2n) is 15.5.